The fraction of sp³-hybridized carbons (Fsp3) is 0.250. The number of nitrogens with zero attached hydrogens (tertiary/aromatic N) is 2. The fourth-order valence-electron chi connectivity index (χ4n) is 2.34. The second-order valence-electron chi connectivity index (χ2n) is 5.04. The van der Waals surface area contributed by atoms with Crippen LogP contribution in [0.15, 0.2) is 49.2 Å². The third kappa shape index (κ3) is 3.31. The van der Waals surface area contributed by atoms with Crippen molar-refractivity contribution in [3.63, 3.8) is 0 Å². The molecule has 0 fully saturated rings. The summed E-state index contributed by atoms with van der Waals surface area (Å²) < 4.78 is 2.04. The van der Waals surface area contributed by atoms with Crippen molar-refractivity contribution in [3.8, 4) is 0 Å². The van der Waals surface area contributed by atoms with Gasteiger partial charge in [0, 0.05) is 48.1 Å². The highest BCUT2D eigenvalue weighted by molar-refractivity contribution is 5.98. The lowest BCUT2D eigenvalue weighted by Crippen LogP contribution is -2.24. The molecule has 3 aromatic rings. The molecule has 3 rings (SSSR count). The number of aryl methyl sites for hydroxylation is 1. The van der Waals surface area contributed by atoms with Gasteiger partial charge in [-0.15, -0.1) is 0 Å². The maximum absolute atomic E-state index is 12.1. The Labute approximate surface area is 123 Å². The van der Waals surface area contributed by atoms with Gasteiger partial charge in [-0.3, -0.25) is 4.79 Å². The highest BCUT2D eigenvalue weighted by atomic mass is 16.1. The lowest BCUT2D eigenvalue weighted by Gasteiger charge is -2.06. The zero-order chi connectivity index (χ0) is 14.5. The summed E-state index contributed by atoms with van der Waals surface area (Å²) in [7, 11) is 0. The lowest BCUT2D eigenvalue weighted by atomic mass is 10.1. The monoisotopic (exact) mass is 282 g/mol. The summed E-state index contributed by atoms with van der Waals surface area (Å²) in [6.07, 6.45) is 9.39. The van der Waals surface area contributed by atoms with E-state index in [0.717, 1.165) is 30.3 Å². The molecule has 0 aliphatic rings. The quantitative estimate of drug-likeness (QED) is 0.683. The normalized spacial score (nSPS) is 10.9. The molecule has 0 radical (unpaired) electrons. The van der Waals surface area contributed by atoms with Gasteiger partial charge in [0.1, 0.15) is 0 Å². The Morgan fingerprint density at radius 1 is 1.29 bits per heavy atom. The van der Waals surface area contributed by atoms with Crippen LogP contribution in [0.25, 0.3) is 10.9 Å². The summed E-state index contributed by atoms with van der Waals surface area (Å²) in [5.41, 5.74) is 1.75. The second kappa shape index (κ2) is 6.26. The van der Waals surface area contributed by atoms with Crippen molar-refractivity contribution >= 4 is 16.8 Å². The molecule has 21 heavy (non-hydrogen) atoms. The molecule has 0 saturated heterocycles. The predicted octanol–water partition coefficient (Wildman–Crippen LogP) is 2.57. The summed E-state index contributed by atoms with van der Waals surface area (Å²) in [4.78, 5) is 19.2. The van der Waals surface area contributed by atoms with Gasteiger partial charge < -0.3 is 14.9 Å². The first-order chi connectivity index (χ1) is 10.3. The number of imidazole rings is 1. The van der Waals surface area contributed by atoms with Crippen LogP contribution in [0.5, 0.6) is 0 Å². The number of aromatic nitrogens is 3. The molecule has 1 amide bonds. The average Bonchev–Trinajstić information content (AvgIpc) is 3.17. The Morgan fingerprint density at radius 2 is 2.24 bits per heavy atom. The fourth-order valence-corrected chi connectivity index (χ4v) is 2.34. The molecule has 5 nitrogen and oxygen atoms in total. The molecule has 2 heterocycles. The summed E-state index contributed by atoms with van der Waals surface area (Å²) in [5, 5.41) is 4.02. The number of hydrogen-bond donors (Lipinski definition) is 2. The third-order valence-corrected chi connectivity index (χ3v) is 3.50. The molecule has 2 aromatic heterocycles. The first-order valence-electron chi connectivity index (χ1n) is 7.14. The van der Waals surface area contributed by atoms with Crippen LogP contribution in [-0.4, -0.2) is 27.0 Å². The lowest BCUT2D eigenvalue weighted by molar-refractivity contribution is 0.0953. The first-order valence-corrected chi connectivity index (χ1v) is 7.14. The summed E-state index contributed by atoms with van der Waals surface area (Å²) in [6, 6.07) is 7.66. The molecule has 0 spiro atoms. The van der Waals surface area contributed by atoms with Crippen molar-refractivity contribution in [2.45, 2.75) is 19.4 Å². The Morgan fingerprint density at radius 3 is 3.10 bits per heavy atom. The SMILES string of the molecule is O=C(NCCCCn1ccnc1)c1ccc2[nH]ccc2c1. The number of nitrogens with one attached hydrogen (secondary N) is 2. The number of amides is 1. The molecule has 0 aliphatic carbocycles. The average molecular weight is 282 g/mol. The Balaban J connectivity index is 1.45. The molecule has 0 saturated carbocycles. The van der Waals surface area contributed by atoms with Crippen molar-refractivity contribution in [2.24, 2.45) is 0 Å². The van der Waals surface area contributed by atoms with Crippen LogP contribution < -0.4 is 5.32 Å². The van der Waals surface area contributed by atoms with E-state index in [9.17, 15) is 4.79 Å². The Hall–Kier alpha value is -2.56. The number of hydrogen-bond acceptors (Lipinski definition) is 2. The van der Waals surface area contributed by atoms with Gasteiger partial charge in [-0.05, 0) is 37.1 Å². The molecule has 5 heteroatoms. The summed E-state index contributed by atoms with van der Waals surface area (Å²) in [5.74, 6) is -0.0132. The van der Waals surface area contributed by atoms with Crippen LogP contribution in [0.4, 0.5) is 0 Å². The van der Waals surface area contributed by atoms with Gasteiger partial charge in [-0.1, -0.05) is 0 Å². The van der Waals surface area contributed by atoms with Gasteiger partial charge in [0.25, 0.3) is 5.91 Å². The standard InChI is InChI=1S/C16H18N4O/c21-16(14-3-4-15-13(11-14)5-7-18-15)19-6-1-2-9-20-10-8-17-12-20/h3-5,7-8,10-12,18H,1-2,6,9H2,(H,19,21). The predicted molar refractivity (Wildman–Crippen MR) is 82.1 cm³/mol. The first kappa shape index (κ1) is 13.4. The molecular formula is C16H18N4O. The second-order valence-corrected chi connectivity index (χ2v) is 5.04. The van der Waals surface area contributed by atoms with E-state index in [-0.39, 0.29) is 5.91 Å². The van der Waals surface area contributed by atoms with E-state index in [0.29, 0.717) is 12.1 Å². The van der Waals surface area contributed by atoms with E-state index in [1.54, 1.807) is 6.20 Å². The van der Waals surface area contributed by atoms with Crippen LogP contribution >= 0.6 is 0 Å². The number of carbonyl (C=O) groups is 1. The number of rotatable bonds is 6. The molecule has 0 aliphatic heterocycles. The van der Waals surface area contributed by atoms with E-state index in [1.165, 1.54) is 0 Å². The zero-order valence-corrected chi connectivity index (χ0v) is 11.7. The topological polar surface area (TPSA) is 62.7 Å². The minimum atomic E-state index is -0.0132. The van der Waals surface area contributed by atoms with Crippen molar-refractivity contribution in [1.29, 1.82) is 0 Å². The number of H-pyrrole nitrogens is 1. The Bertz CT molecular complexity index is 715. The third-order valence-electron chi connectivity index (χ3n) is 3.50. The van der Waals surface area contributed by atoms with Crippen molar-refractivity contribution in [3.05, 3.63) is 54.7 Å². The van der Waals surface area contributed by atoms with Crippen LogP contribution in [-0.2, 0) is 6.54 Å². The Kier molecular flexibility index (Phi) is 4.00. The molecule has 0 bridgehead atoms. The molecule has 0 unspecified atom stereocenters. The number of fused-ring (bicyclic) bond motifs is 1. The largest absolute Gasteiger partial charge is 0.361 e. The molecule has 1 aromatic carbocycles. The van der Waals surface area contributed by atoms with Gasteiger partial charge in [0.15, 0.2) is 0 Å². The molecule has 108 valence electrons. The smallest absolute Gasteiger partial charge is 0.251 e. The van der Waals surface area contributed by atoms with Gasteiger partial charge in [0.2, 0.25) is 0 Å². The van der Waals surface area contributed by atoms with Gasteiger partial charge >= 0.3 is 0 Å². The maximum Gasteiger partial charge on any atom is 0.251 e. The minimum Gasteiger partial charge on any atom is -0.361 e. The number of aromatic amines is 1. The van der Waals surface area contributed by atoms with E-state index in [2.05, 4.69) is 15.3 Å². The van der Waals surface area contributed by atoms with Crippen molar-refractivity contribution in [1.82, 2.24) is 19.9 Å². The van der Waals surface area contributed by atoms with Crippen LogP contribution in [0.3, 0.4) is 0 Å². The van der Waals surface area contributed by atoms with E-state index in [4.69, 9.17) is 0 Å². The minimum absolute atomic E-state index is 0.0132. The number of unbranched alkanes of at least 4 members (excludes halogenated alkanes) is 1. The number of benzene rings is 1. The van der Waals surface area contributed by atoms with E-state index < -0.39 is 0 Å². The van der Waals surface area contributed by atoms with Gasteiger partial charge in [-0.25, -0.2) is 4.98 Å². The zero-order valence-electron chi connectivity index (χ0n) is 11.7. The summed E-state index contributed by atoms with van der Waals surface area (Å²) in [6.45, 7) is 1.63. The molecular weight excluding hydrogens is 264 g/mol. The van der Waals surface area contributed by atoms with Crippen molar-refractivity contribution < 1.29 is 4.79 Å². The summed E-state index contributed by atoms with van der Waals surface area (Å²) >= 11 is 0. The highest BCUT2D eigenvalue weighted by Gasteiger charge is 2.05. The van der Waals surface area contributed by atoms with Crippen LogP contribution in [0.1, 0.15) is 23.2 Å². The van der Waals surface area contributed by atoms with Crippen LogP contribution in [0.2, 0.25) is 0 Å². The van der Waals surface area contributed by atoms with Gasteiger partial charge in [-0.2, -0.15) is 0 Å². The van der Waals surface area contributed by atoms with Crippen LogP contribution in [0, 0.1) is 0 Å². The molecule has 0 atom stereocenters. The number of carbonyl (C=O) groups excluding carboxylic acids is 1. The van der Waals surface area contributed by atoms with E-state index in [1.807, 2.05) is 47.6 Å². The van der Waals surface area contributed by atoms with E-state index >= 15 is 0 Å². The molecule has 2 N–H and O–H groups in total. The van der Waals surface area contributed by atoms with Gasteiger partial charge in [0.05, 0.1) is 6.33 Å². The maximum atomic E-state index is 12.1. The highest BCUT2D eigenvalue weighted by Crippen LogP contribution is 2.14. The van der Waals surface area contributed by atoms with Crippen molar-refractivity contribution in [2.75, 3.05) is 6.54 Å².